The van der Waals surface area contributed by atoms with Crippen LogP contribution in [0.4, 0.5) is 4.79 Å². The van der Waals surface area contributed by atoms with E-state index in [1.807, 2.05) is 0 Å². The van der Waals surface area contributed by atoms with Crippen LogP contribution in [0, 0.1) is 5.53 Å². The minimum absolute atomic E-state index is 0.395. The number of nitrogens with zero attached hydrogens (tertiary/aromatic N) is 4. The van der Waals surface area contributed by atoms with E-state index in [1.165, 1.54) is 4.90 Å². The first-order chi connectivity index (χ1) is 9.74. The molecule has 1 N–H and O–H groups in total. The van der Waals surface area contributed by atoms with E-state index in [-0.39, 0.29) is 0 Å². The van der Waals surface area contributed by atoms with Crippen LogP contribution in [0.15, 0.2) is 5.11 Å². The van der Waals surface area contributed by atoms with Gasteiger partial charge in [-0.1, -0.05) is 0 Å². The number of ether oxygens (including phenoxy) is 2. The highest BCUT2D eigenvalue weighted by Gasteiger charge is 2.15. The van der Waals surface area contributed by atoms with Crippen LogP contribution in [0.3, 0.4) is 0 Å². The van der Waals surface area contributed by atoms with Gasteiger partial charge in [0.05, 0.1) is 26.4 Å². The van der Waals surface area contributed by atoms with E-state index in [0.29, 0.717) is 59.2 Å². The van der Waals surface area contributed by atoms with E-state index in [1.54, 1.807) is 0 Å². The maximum atomic E-state index is 10.6. The second-order valence-electron chi connectivity index (χ2n) is 4.28. The van der Waals surface area contributed by atoms with Gasteiger partial charge in [0.2, 0.25) is 4.91 Å². The van der Waals surface area contributed by atoms with Gasteiger partial charge < -0.3 is 24.3 Å². The predicted octanol–water partition coefficient (Wildman–Crippen LogP) is -1.47. The molecule has 0 aromatic heterocycles. The minimum atomic E-state index is -1.09. The molecule has 0 radical (unpaired) electrons. The molecule has 0 spiro atoms. The number of hydrogen-bond donors (Lipinski definition) is 1. The van der Waals surface area contributed by atoms with Gasteiger partial charge in [0.1, 0.15) is 23.3 Å². The summed E-state index contributed by atoms with van der Waals surface area (Å²) < 4.78 is 10.6. The fraction of sp³-hybridized carbons (Fsp3) is 0.909. The Kier molecular flexibility index (Phi) is 8.48. The van der Waals surface area contributed by atoms with Crippen LogP contribution in [0.2, 0.25) is 0 Å². The summed E-state index contributed by atoms with van der Waals surface area (Å²) in [5, 5.41) is 14.1. The zero-order valence-corrected chi connectivity index (χ0v) is 11.5. The summed E-state index contributed by atoms with van der Waals surface area (Å²) >= 11 is 0. The van der Waals surface area contributed by atoms with E-state index in [4.69, 9.17) is 15.0 Å². The highest BCUT2D eigenvalue weighted by molar-refractivity contribution is 5.62. The van der Waals surface area contributed by atoms with Gasteiger partial charge in [0.15, 0.2) is 0 Å². The molecule has 1 heterocycles. The second-order valence-corrected chi connectivity index (χ2v) is 4.28. The molecule has 1 amide bonds. The molecule has 1 rings (SSSR count). The largest absolute Gasteiger partial charge is 0.530 e. The summed E-state index contributed by atoms with van der Waals surface area (Å²) in [6.45, 7) is 5.64. The number of piperazine rings is 1. The zero-order chi connectivity index (χ0) is 14.6. The van der Waals surface area contributed by atoms with Crippen molar-refractivity contribution in [1.82, 2.24) is 14.7 Å². The molecule has 0 aliphatic carbocycles. The number of carbonyl (C=O) groups is 1. The molecule has 0 unspecified atom stereocenters. The molecule has 1 aliphatic rings. The molecule has 20 heavy (non-hydrogen) atoms. The summed E-state index contributed by atoms with van der Waals surface area (Å²) in [7, 11) is 0. The van der Waals surface area contributed by atoms with E-state index in [0.717, 1.165) is 6.54 Å². The molecule has 114 valence electrons. The quantitative estimate of drug-likeness (QED) is 0.316. The van der Waals surface area contributed by atoms with E-state index < -0.39 is 6.09 Å². The van der Waals surface area contributed by atoms with Crippen molar-refractivity contribution in [3.05, 3.63) is 0 Å². The van der Waals surface area contributed by atoms with Crippen molar-refractivity contribution in [3.8, 4) is 0 Å². The van der Waals surface area contributed by atoms with Crippen LogP contribution in [0.1, 0.15) is 0 Å². The van der Waals surface area contributed by atoms with Gasteiger partial charge in [-0.15, -0.1) is 0 Å². The average Bonchev–Trinajstić information content (AvgIpc) is 2.46. The fourth-order valence-corrected chi connectivity index (χ4v) is 1.83. The summed E-state index contributed by atoms with van der Waals surface area (Å²) in [5.41, 5.74) is 6.44. The minimum Gasteiger partial charge on any atom is -0.530 e. The van der Waals surface area contributed by atoms with Crippen molar-refractivity contribution in [1.29, 1.82) is 5.53 Å². The van der Waals surface area contributed by atoms with Crippen molar-refractivity contribution in [3.63, 3.8) is 0 Å². The van der Waals surface area contributed by atoms with Gasteiger partial charge in [-0.25, -0.2) is 0 Å². The van der Waals surface area contributed by atoms with Gasteiger partial charge in [-0.3, -0.25) is 4.90 Å². The van der Waals surface area contributed by atoms with Gasteiger partial charge in [0, 0.05) is 32.7 Å². The number of amides is 1. The smallest absolute Gasteiger partial charge is 0.214 e. The van der Waals surface area contributed by atoms with E-state index in [9.17, 15) is 9.90 Å². The van der Waals surface area contributed by atoms with Crippen molar-refractivity contribution in [2.75, 3.05) is 65.7 Å². The van der Waals surface area contributed by atoms with Crippen LogP contribution in [-0.4, -0.2) is 81.6 Å². The van der Waals surface area contributed by atoms with Gasteiger partial charge >= 0.3 is 0 Å². The third kappa shape index (κ3) is 7.15. The number of carboxylic acid groups (broad SMARTS) is 1. The average molecular weight is 287 g/mol. The van der Waals surface area contributed by atoms with Crippen LogP contribution in [-0.2, 0) is 9.47 Å². The summed E-state index contributed by atoms with van der Waals surface area (Å²) in [4.78, 5) is 17.0. The van der Waals surface area contributed by atoms with Gasteiger partial charge in [0.25, 0.3) is 0 Å². The van der Waals surface area contributed by atoms with Crippen molar-refractivity contribution >= 4 is 6.09 Å². The Balaban J connectivity index is 1.90. The summed E-state index contributed by atoms with van der Waals surface area (Å²) in [6, 6.07) is 0. The molecular weight excluding hydrogens is 266 g/mol. The monoisotopic (exact) mass is 287 g/mol. The lowest BCUT2D eigenvalue weighted by Crippen LogP contribution is -2.53. The predicted molar refractivity (Wildman–Crippen MR) is 67.2 cm³/mol. The first-order valence-corrected chi connectivity index (χ1v) is 6.61. The molecule has 1 saturated heterocycles. The number of hydrogen-bond acceptors (Lipinski definition) is 7. The molecular formula is C11H21N5O4. The van der Waals surface area contributed by atoms with E-state index >= 15 is 0 Å². The molecule has 1 fully saturated rings. The first kappa shape index (κ1) is 16.5. The van der Waals surface area contributed by atoms with Crippen molar-refractivity contribution < 1.29 is 19.4 Å². The highest BCUT2D eigenvalue weighted by atomic mass is 16.5. The lowest BCUT2D eigenvalue weighted by Gasteiger charge is -2.35. The van der Waals surface area contributed by atoms with E-state index in [2.05, 4.69) is 14.9 Å². The normalized spacial score (nSPS) is 15.9. The molecule has 1 aliphatic heterocycles. The van der Waals surface area contributed by atoms with Gasteiger partial charge in [-0.2, -0.15) is 0 Å². The van der Waals surface area contributed by atoms with Gasteiger partial charge in [-0.05, 0) is 0 Å². The molecule has 0 aromatic rings. The maximum absolute atomic E-state index is 10.6. The molecule has 9 nitrogen and oxygen atoms in total. The third-order valence-electron chi connectivity index (χ3n) is 2.96. The number of carbonyl (C=O) groups excluding carboxylic acids is 1. The topological polar surface area (TPSA) is 115 Å². The number of rotatable bonds is 9. The Morgan fingerprint density at radius 2 is 1.80 bits per heavy atom. The standard InChI is InChI=1S/C11H21N5O4/c12-14-13-1-7-19-9-10-20-8-6-15-2-4-16(5-3-15)11(17)18/h12H,1-10H2. The first-order valence-electron chi connectivity index (χ1n) is 6.61. The Bertz CT molecular complexity index is 327. The Hall–Kier alpha value is -1.54. The Labute approximate surface area is 117 Å². The second kappa shape index (κ2) is 10.3. The molecule has 0 atom stereocenters. The Morgan fingerprint density at radius 1 is 1.15 bits per heavy atom. The number of nitrogens with one attached hydrogen (secondary N) is 1. The molecule has 0 saturated carbocycles. The van der Waals surface area contributed by atoms with Crippen LogP contribution >= 0.6 is 0 Å². The molecule has 9 heteroatoms. The van der Waals surface area contributed by atoms with Crippen molar-refractivity contribution in [2.45, 2.75) is 0 Å². The lowest BCUT2D eigenvalue weighted by atomic mass is 10.3. The highest BCUT2D eigenvalue weighted by Crippen LogP contribution is 2.00. The van der Waals surface area contributed by atoms with Crippen LogP contribution in [0.25, 0.3) is 0 Å². The fourth-order valence-electron chi connectivity index (χ4n) is 1.83. The lowest BCUT2D eigenvalue weighted by molar-refractivity contribution is -0.266. The zero-order valence-electron chi connectivity index (χ0n) is 11.5. The SMILES string of the molecule is N=[N+]=NCCOCCOCCN1CCN(C(=O)[O-])CC1. The third-order valence-corrected chi connectivity index (χ3v) is 2.96. The van der Waals surface area contributed by atoms with Crippen LogP contribution < -0.4 is 10.0 Å². The van der Waals surface area contributed by atoms with Crippen LogP contribution in [0.5, 0.6) is 0 Å². The molecule has 0 bridgehead atoms. The Morgan fingerprint density at radius 3 is 2.40 bits per heavy atom. The summed E-state index contributed by atoms with van der Waals surface area (Å²) in [5.74, 6) is 0. The molecule has 0 aromatic carbocycles. The summed E-state index contributed by atoms with van der Waals surface area (Å²) in [6.07, 6.45) is -1.09. The van der Waals surface area contributed by atoms with Crippen molar-refractivity contribution in [2.24, 2.45) is 5.11 Å². The maximum Gasteiger partial charge on any atom is 0.214 e.